The number of hydrogen-bond acceptors (Lipinski definition) is 4. The number of amides is 1. The summed E-state index contributed by atoms with van der Waals surface area (Å²) in [6.45, 7) is 5.44. The lowest BCUT2D eigenvalue weighted by Gasteiger charge is -2.17. The van der Waals surface area contributed by atoms with E-state index in [0.717, 1.165) is 48.3 Å². The third-order valence-electron chi connectivity index (χ3n) is 5.14. The minimum absolute atomic E-state index is 0.103. The first-order chi connectivity index (χ1) is 13.0. The zero-order valence-electron chi connectivity index (χ0n) is 16.2. The molecule has 1 saturated carbocycles. The van der Waals surface area contributed by atoms with Gasteiger partial charge in [0.05, 0.1) is 17.8 Å². The Bertz CT molecular complexity index is 808. The minimum Gasteiger partial charge on any atom is -0.452 e. The Morgan fingerprint density at radius 1 is 1.22 bits per heavy atom. The second-order valence-corrected chi connectivity index (χ2v) is 7.20. The van der Waals surface area contributed by atoms with Crippen LogP contribution in [0.25, 0.3) is 5.69 Å². The molecule has 1 aromatic heterocycles. The number of benzene rings is 1. The first-order valence-corrected chi connectivity index (χ1v) is 9.56. The highest BCUT2D eigenvalue weighted by Crippen LogP contribution is 2.20. The van der Waals surface area contributed by atoms with Gasteiger partial charge in [0.2, 0.25) is 0 Å². The van der Waals surface area contributed by atoms with Gasteiger partial charge in [-0.15, -0.1) is 0 Å². The summed E-state index contributed by atoms with van der Waals surface area (Å²) in [6, 6.07) is 10.0. The van der Waals surface area contributed by atoms with Gasteiger partial charge in [0.25, 0.3) is 5.91 Å². The van der Waals surface area contributed by atoms with Crippen LogP contribution in [0.3, 0.4) is 0 Å². The Labute approximate surface area is 159 Å². The van der Waals surface area contributed by atoms with E-state index in [4.69, 9.17) is 4.74 Å². The second kappa shape index (κ2) is 8.37. The summed E-state index contributed by atoms with van der Waals surface area (Å²) in [6.07, 6.45) is 3.60. The number of esters is 1. The number of carbonyl (C=O) groups excluding carboxylic acids is 2. The lowest BCUT2D eigenvalue weighted by Crippen LogP contribution is -2.41. The fraction of sp³-hybridized carbons (Fsp3) is 0.476. The van der Waals surface area contributed by atoms with Crippen LogP contribution in [-0.2, 0) is 20.7 Å². The average molecular weight is 369 g/mol. The molecule has 1 unspecified atom stereocenters. The van der Waals surface area contributed by atoms with Crippen LogP contribution in [0.4, 0.5) is 0 Å². The normalized spacial score (nSPS) is 15.5. The predicted octanol–water partition coefficient (Wildman–Crippen LogP) is 3.02. The van der Waals surface area contributed by atoms with Gasteiger partial charge in [-0.05, 0) is 45.7 Å². The highest BCUT2D eigenvalue weighted by Gasteiger charge is 2.24. The van der Waals surface area contributed by atoms with E-state index in [1.165, 1.54) is 0 Å². The summed E-state index contributed by atoms with van der Waals surface area (Å²) in [5, 5.41) is 7.51. The van der Waals surface area contributed by atoms with Gasteiger partial charge in [-0.1, -0.05) is 31.0 Å². The van der Waals surface area contributed by atoms with E-state index in [1.54, 1.807) is 6.92 Å². The van der Waals surface area contributed by atoms with E-state index in [9.17, 15) is 9.59 Å². The van der Waals surface area contributed by atoms with Crippen molar-refractivity contribution in [1.29, 1.82) is 0 Å². The molecule has 2 aromatic rings. The van der Waals surface area contributed by atoms with Gasteiger partial charge >= 0.3 is 5.97 Å². The molecule has 1 amide bonds. The highest BCUT2D eigenvalue weighted by atomic mass is 16.5. The van der Waals surface area contributed by atoms with Crippen LogP contribution >= 0.6 is 0 Å². The Balaban J connectivity index is 1.62. The molecule has 1 N–H and O–H groups in total. The summed E-state index contributed by atoms with van der Waals surface area (Å²) in [5.41, 5.74) is 3.48. The first-order valence-electron chi connectivity index (χ1n) is 9.56. The van der Waals surface area contributed by atoms with Crippen LogP contribution in [0.5, 0.6) is 0 Å². The quantitative estimate of drug-likeness (QED) is 0.795. The molecule has 0 bridgehead atoms. The smallest absolute Gasteiger partial charge is 0.311 e. The monoisotopic (exact) mass is 369 g/mol. The predicted molar refractivity (Wildman–Crippen MR) is 103 cm³/mol. The maximum atomic E-state index is 12.4. The van der Waals surface area contributed by atoms with Gasteiger partial charge in [0, 0.05) is 17.3 Å². The highest BCUT2D eigenvalue weighted by molar-refractivity contribution is 5.84. The number of para-hydroxylation sites is 1. The van der Waals surface area contributed by atoms with Gasteiger partial charge in [0.15, 0.2) is 6.10 Å². The third kappa shape index (κ3) is 4.56. The lowest BCUT2D eigenvalue weighted by molar-refractivity contribution is -0.154. The molecule has 1 heterocycles. The summed E-state index contributed by atoms with van der Waals surface area (Å²) in [5.74, 6) is -0.633. The number of nitrogens with zero attached hydrogens (tertiary/aromatic N) is 2. The third-order valence-corrected chi connectivity index (χ3v) is 5.14. The maximum Gasteiger partial charge on any atom is 0.311 e. The molecule has 0 radical (unpaired) electrons. The van der Waals surface area contributed by atoms with Crippen LogP contribution in [0.2, 0.25) is 0 Å². The van der Waals surface area contributed by atoms with Crippen LogP contribution in [-0.4, -0.2) is 33.8 Å². The van der Waals surface area contributed by atoms with Crippen molar-refractivity contribution in [3.63, 3.8) is 0 Å². The molecule has 1 fully saturated rings. The second-order valence-electron chi connectivity index (χ2n) is 7.20. The number of aromatic nitrogens is 2. The lowest BCUT2D eigenvalue weighted by atomic mass is 10.1. The molecule has 144 valence electrons. The number of carbonyl (C=O) groups is 2. The van der Waals surface area contributed by atoms with Crippen molar-refractivity contribution in [2.75, 3.05) is 0 Å². The molecule has 1 atom stereocenters. The minimum atomic E-state index is -0.789. The summed E-state index contributed by atoms with van der Waals surface area (Å²) >= 11 is 0. The van der Waals surface area contributed by atoms with Gasteiger partial charge < -0.3 is 10.1 Å². The Morgan fingerprint density at radius 3 is 2.56 bits per heavy atom. The summed E-state index contributed by atoms with van der Waals surface area (Å²) in [4.78, 5) is 24.6. The van der Waals surface area contributed by atoms with Gasteiger partial charge in [-0.2, -0.15) is 5.10 Å². The zero-order valence-corrected chi connectivity index (χ0v) is 16.2. The summed E-state index contributed by atoms with van der Waals surface area (Å²) < 4.78 is 7.19. The van der Waals surface area contributed by atoms with Gasteiger partial charge in [-0.3, -0.25) is 9.59 Å². The molecule has 0 spiro atoms. The van der Waals surface area contributed by atoms with Crippen molar-refractivity contribution in [2.45, 2.75) is 65.0 Å². The van der Waals surface area contributed by atoms with Crippen LogP contribution in [0.15, 0.2) is 30.3 Å². The van der Waals surface area contributed by atoms with Crippen LogP contribution in [0, 0.1) is 13.8 Å². The Kier molecular flexibility index (Phi) is 5.94. The number of hydrogen-bond donors (Lipinski definition) is 1. The molecule has 0 saturated heterocycles. The molecule has 1 aliphatic carbocycles. The van der Waals surface area contributed by atoms with Crippen molar-refractivity contribution < 1.29 is 14.3 Å². The van der Waals surface area contributed by atoms with E-state index in [0.29, 0.717) is 0 Å². The number of aryl methyl sites for hydroxylation is 1. The molecule has 0 aliphatic heterocycles. The number of ether oxygens (including phenoxy) is 1. The molecular weight excluding hydrogens is 342 g/mol. The Morgan fingerprint density at radius 2 is 1.89 bits per heavy atom. The molecular formula is C21H27N3O3. The molecule has 1 aliphatic rings. The van der Waals surface area contributed by atoms with Crippen molar-refractivity contribution >= 4 is 11.9 Å². The standard InChI is InChI=1S/C21H27N3O3/c1-14-19(15(2)24(23-14)18-11-5-4-6-12-18)13-20(25)27-16(3)21(26)22-17-9-7-8-10-17/h4-6,11-12,16-17H,7-10,13H2,1-3H3,(H,22,26). The molecule has 6 heteroatoms. The van der Waals surface area contributed by atoms with E-state index in [2.05, 4.69) is 10.4 Å². The molecule has 6 nitrogen and oxygen atoms in total. The van der Waals surface area contributed by atoms with E-state index in [1.807, 2.05) is 48.9 Å². The van der Waals surface area contributed by atoms with Crippen LogP contribution < -0.4 is 5.32 Å². The van der Waals surface area contributed by atoms with E-state index in [-0.39, 0.29) is 18.4 Å². The Hall–Kier alpha value is -2.63. The van der Waals surface area contributed by atoms with Gasteiger partial charge in [-0.25, -0.2) is 4.68 Å². The summed E-state index contributed by atoms with van der Waals surface area (Å²) in [7, 11) is 0. The van der Waals surface area contributed by atoms with Crippen molar-refractivity contribution in [3.8, 4) is 5.69 Å². The van der Waals surface area contributed by atoms with Crippen molar-refractivity contribution in [3.05, 3.63) is 47.3 Å². The zero-order chi connectivity index (χ0) is 19.4. The maximum absolute atomic E-state index is 12.4. The largest absolute Gasteiger partial charge is 0.452 e. The first kappa shape index (κ1) is 19.1. The van der Waals surface area contributed by atoms with Crippen LogP contribution in [0.1, 0.15) is 49.6 Å². The van der Waals surface area contributed by atoms with Gasteiger partial charge in [0.1, 0.15) is 0 Å². The number of rotatable bonds is 6. The molecule has 27 heavy (non-hydrogen) atoms. The average Bonchev–Trinajstić information content (AvgIpc) is 3.25. The number of nitrogens with one attached hydrogen (secondary N) is 1. The topological polar surface area (TPSA) is 73.2 Å². The molecule has 1 aromatic carbocycles. The van der Waals surface area contributed by atoms with E-state index < -0.39 is 12.1 Å². The molecule has 3 rings (SSSR count). The fourth-order valence-electron chi connectivity index (χ4n) is 3.58. The fourth-order valence-corrected chi connectivity index (χ4v) is 3.58. The van der Waals surface area contributed by atoms with Crippen molar-refractivity contribution in [2.24, 2.45) is 0 Å². The van der Waals surface area contributed by atoms with E-state index >= 15 is 0 Å². The van der Waals surface area contributed by atoms with Crippen molar-refractivity contribution in [1.82, 2.24) is 15.1 Å². The SMILES string of the molecule is Cc1nn(-c2ccccc2)c(C)c1CC(=O)OC(C)C(=O)NC1CCCC1.